The monoisotopic (exact) mass is 255 g/mol. The number of benzene rings is 1. The fraction of sp³-hybridized carbons (Fsp3) is 0.214. The third-order valence-corrected chi connectivity index (χ3v) is 3.31. The van der Waals surface area contributed by atoms with Crippen LogP contribution in [0.15, 0.2) is 36.5 Å². The molecule has 2 heterocycles. The molecular weight excluding hydrogens is 242 g/mol. The average molecular weight is 255 g/mol. The fourth-order valence-corrected chi connectivity index (χ4v) is 2.32. The molecule has 1 aliphatic rings. The lowest BCUT2D eigenvalue weighted by molar-refractivity contribution is -0.130. The Labute approximate surface area is 110 Å². The standard InChI is InChI=1S/C14H13N3O2/c15-10-6-7-12(18)17(14(10)19)11-5-1-3-9-4-2-8-16-13(9)11/h1-5,8,10H,6-7,15H2/t10-/m1/s1. The van der Waals surface area contributed by atoms with Gasteiger partial charge in [-0.05, 0) is 18.6 Å². The van der Waals surface area contributed by atoms with Crippen LogP contribution in [0.1, 0.15) is 12.8 Å². The molecule has 5 heteroatoms. The van der Waals surface area contributed by atoms with Crippen molar-refractivity contribution < 1.29 is 9.59 Å². The third kappa shape index (κ3) is 1.88. The number of hydrogen-bond acceptors (Lipinski definition) is 4. The van der Waals surface area contributed by atoms with Gasteiger partial charge in [0, 0.05) is 18.0 Å². The highest BCUT2D eigenvalue weighted by atomic mass is 16.2. The number of para-hydroxylation sites is 1. The second-order valence-electron chi connectivity index (χ2n) is 4.56. The first kappa shape index (κ1) is 11.8. The van der Waals surface area contributed by atoms with Crippen LogP contribution in [0.3, 0.4) is 0 Å². The number of hydrogen-bond donors (Lipinski definition) is 1. The summed E-state index contributed by atoms with van der Waals surface area (Å²) >= 11 is 0. The molecule has 2 aromatic rings. The molecule has 0 saturated carbocycles. The second-order valence-corrected chi connectivity index (χ2v) is 4.56. The zero-order valence-electron chi connectivity index (χ0n) is 10.2. The topological polar surface area (TPSA) is 76.3 Å². The molecule has 1 saturated heterocycles. The number of carbonyl (C=O) groups excluding carboxylic acids is 2. The van der Waals surface area contributed by atoms with Gasteiger partial charge in [0.05, 0.1) is 17.2 Å². The molecule has 0 radical (unpaired) electrons. The molecule has 1 atom stereocenters. The van der Waals surface area contributed by atoms with Gasteiger partial charge in [0.25, 0.3) is 5.91 Å². The molecule has 1 fully saturated rings. The van der Waals surface area contributed by atoms with Crippen LogP contribution in [0.25, 0.3) is 10.9 Å². The van der Waals surface area contributed by atoms with Gasteiger partial charge in [-0.1, -0.05) is 18.2 Å². The van der Waals surface area contributed by atoms with E-state index < -0.39 is 6.04 Å². The summed E-state index contributed by atoms with van der Waals surface area (Å²) in [5.74, 6) is -0.570. The highest BCUT2D eigenvalue weighted by Crippen LogP contribution is 2.28. The Morgan fingerprint density at radius 2 is 2.00 bits per heavy atom. The maximum atomic E-state index is 12.1. The molecule has 1 aromatic heterocycles. The SMILES string of the molecule is N[C@@H]1CCC(=O)N(c2cccc3cccnc23)C1=O. The van der Waals surface area contributed by atoms with E-state index in [0.29, 0.717) is 17.6 Å². The van der Waals surface area contributed by atoms with Gasteiger partial charge in [0.15, 0.2) is 0 Å². The van der Waals surface area contributed by atoms with E-state index in [1.165, 1.54) is 4.90 Å². The maximum absolute atomic E-state index is 12.1. The van der Waals surface area contributed by atoms with E-state index in [1.807, 2.05) is 18.2 Å². The fourth-order valence-electron chi connectivity index (χ4n) is 2.32. The Morgan fingerprint density at radius 3 is 2.84 bits per heavy atom. The van der Waals surface area contributed by atoms with Crippen LogP contribution < -0.4 is 10.6 Å². The zero-order valence-corrected chi connectivity index (χ0v) is 10.2. The van der Waals surface area contributed by atoms with Crippen LogP contribution in [0.2, 0.25) is 0 Å². The molecule has 5 nitrogen and oxygen atoms in total. The molecular formula is C14H13N3O2. The number of pyridine rings is 1. The molecule has 0 spiro atoms. The minimum Gasteiger partial charge on any atom is -0.320 e. The van der Waals surface area contributed by atoms with Crippen molar-refractivity contribution in [3.63, 3.8) is 0 Å². The normalized spacial score (nSPS) is 20.1. The first-order chi connectivity index (χ1) is 9.18. The van der Waals surface area contributed by atoms with Crippen molar-refractivity contribution in [1.82, 2.24) is 4.98 Å². The summed E-state index contributed by atoms with van der Waals surface area (Å²) < 4.78 is 0. The van der Waals surface area contributed by atoms with Gasteiger partial charge in [0.1, 0.15) is 0 Å². The van der Waals surface area contributed by atoms with Crippen LogP contribution in [0, 0.1) is 0 Å². The number of rotatable bonds is 1. The van der Waals surface area contributed by atoms with Crippen LogP contribution in [-0.4, -0.2) is 22.8 Å². The van der Waals surface area contributed by atoms with Crippen molar-refractivity contribution in [2.24, 2.45) is 5.73 Å². The lowest BCUT2D eigenvalue weighted by Gasteiger charge is -2.29. The summed E-state index contributed by atoms with van der Waals surface area (Å²) in [6.07, 6.45) is 2.34. The first-order valence-electron chi connectivity index (χ1n) is 6.14. The minimum atomic E-state index is -0.614. The van der Waals surface area contributed by atoms with Crippen LogP contribution in [0.4, 0.5) is 5.69 Å². The van der Waals surface area contributed by atoms with Crippen LogP contribution in [0.5, 0.6) is 0 Å². The smallest absolute Gasteiger partial charge is 0.250 e. The number of carbonyl (C=O) groups is 2. The molecule has 0 unspecified atom stereocenters. The zero-order chi connectivity index (χ0) is 13.4. The summed E-state index contributed by atoms with van der Waals surface area (Å²) in [5, 5.41) is 0.889. The molecule has 1 aliphatic heterocycles. The van der Waals surface area contributed by atoms with Crippen molar-refractivity contribution in [3.8, 4) is 0 Å². The third-order valence-electron chi connectivity index (χ3n) is 3.31. The molecule has 96 valence electrons. The first-order valence-corrected chi connectivity index (χ1v) is 6.14. The predicted molar refractivity (Wildman–Crippen MR) is 71.4 cm³/mol. The number of aromatic nitrogens is 1. The number of nitrogens with two attached hydrogens (primary N) is 1. The predicted octanol–water partition coefficient (Wildman–Crippen LogP) is 1.22. The summed E-state index contributed by atoms with van der Waals surface area (Å²) in [6.45, 7) is 0. The van der Waals surface area contributed by atoms with Crippen LogP contribution >= 0.6 is 0 Å². The van der Waals surface area contributed by atoms with Gasteiger partial charge < -0.3 is 5.73 Å². The minimum absolute atomic E-state index is 0.218. The largest absolute Gasteiger partial charge is 0.320 e. The molecule has 2 amide bonds. The number of fused-ring (bicyclic) bond motifs is 1. The van der Waals surface area contributed by atoms with Crippen molar-refractivity contribution in [1.29, 1.82) is 0 Å². The average Bonchev–Trinajstić information content (AvgIpc) is 2.44. The molecule has 2 N–H and O–H groups in total. The Balaban J connectivity index is 2.18. The number of imide groups is 1. The van der Waals surface area contributed by atoms with E-state index in [1.54, 1.807) is 18.3 Å². The summed E-state index contributed by atoms with van der Waals surface area (Å²) in [7, 11) is 0. The number of amides is 2. The van der Waals surface area contributed by atoms with Crippen molar-refractivity contribution in [3.05, 3.63) is 36.5 Å². The van der Waals surface area contributed by atoms with Gasteiger partial charge in [0.2, 0.25) is 5.91 Å². The van der Waals surface area contributed by atoms with Gasteiger partial charge in [-0.25, -0.2) is 4.90 Å². The van der Waals surface area contributed by atoms with Crippen LogP contribution in [-0.2, 0) is 9.59 Å². The number of nitrogens with zero attached hydrogens (tertiary/aromatic N) is 2. The Hall–Kier alpha value is -2.27. The van der Waals surface area contributed by atoms with E-state index in [0.717, 1.165) is 5.39 Å². The molecule has 19 heavy (non-hydrogen) atoms. The molecule has 0 aliphatic carbocycles. The van der Waals surface area contributed by atoms with E-state index in [2.05, 4.69) is 4.98 Å². The van der Waals surface area contributed by atoms with Gasteiger partial charge in [-0.2, -0.15) is 0 Å². The lowest BCUT2D eigenvalue weighted by atomic mass is 10.0. The number of piperidine rings is 1. The van der Waals surface area contributed by atoms with Crippen molar-refractivity contribution >= 4 is 28.4 Å². The van der Waals surface area contributed by atoms with Gasteiger partial charge >= 0.3 is 0 Å². The molecule has 0 bridgehead atoms. The highest BCUT2D eigenvalue weighted by molar-refractivity contribution is 6.21. The Kier molecular flexibility index (Phi) is 2.76. The Bertz CT molecular complexity index is 663. The summed E-state index contributed by atoms with van der Waals surface area (Å²) in [5.41, 5.74) is 6.90. The second kappa shape index (κ2) is 4.44. The number of anilines is 1. The van der Waals surface area contributed by atoms with Gasteiger partial charge in [-0.3, -0.25) is 14.6 Å². The van der Waals surface area contributed by atoms with Gasteiger partial charge in [-0.15, -0.1) is 0 Å². The summed E-state index contributed by atoms with van der Waals surface area (Å²) in [4.78, 5) is 29.6. The summed E-state index contributed by atoms with van der Waals surface area (Å²) in [6, 6.07) is 8.52. The van der Waals surface area contributed by atoms with E-state index in [4.69, 9.17) is 5.73 Å². The Morgan fingerprint density at radius 1 is 1.21 bits per heavy atom. The van der Waals surface area contributed by atoms with E-state index >= 15 is 0 Å². The van der Waals surface area contributed by atoms with Crippen molar-refractivity contribution in [2.45, 2.75) is 18.9 Å². The molecule has 1 aromatic carbocycles. The van der Waals surface area contributed by atoms with Crippen molar-refractivity contribution in [2.75, 3.05) is 4.90 Å². The van der Waals surface area contributed by atoms with E-state index in [-0.39, 0.29) is 18.2 Å². The quantitative estimate of drug-likeness (QED) is 0.777. The highest BCUT2D eigenvalue weighted by Gasteiger charge is 2.34. The molecule has 3 rings (SSSR count). The lowest BCUT2D eigenvalue weighted by Crippen LogP contribution is -2.51. The van der Waals surface area contributed by atoms with E-state index in [9.17, 15) is 9.59 Å². The maximum Gasteiger partial charge on any atom is 0.250 e.